The highest BCUT2D eigenvalue weighted by Crippen LogP contribution is 2.48. The van der Waals surface area contributed by atoms with E-state index in [2.05, 4.69) is 15.1 Å². The molecule has 40 heavy (non-hydrogen) atoms. The number of carbonyl (C=O) groups excluding carboxylic acids is 1. The molecule has 1 aliphatic carbocycles. The van der Waals surface area contributed by atoms with E-state index in [4.69, 9.17) is 0 Å². The van der Waals surface area contributed by atoms with Crippen LogP contribution in [0.3, 0.4) is 0 Å². The van der Waals surface area contributed by atoms with Crippen LogP contribution in [0.25, 0.3) is 5.65 Å². The third-order valence-electron chi connectivity index (χ3n) is 7.16. The van der Waals surface area contributed by atoms with E-state index in [0.29, 0.717) is 12.1 Å². The summed E-state index contributed by atoms with van der Waals surface area (Å²) in [5, 5.41) is 3.93. The van der Waals surface area contributed by atoms with E-state index >= 15 is 0 Å². The average molecular weight is 584 g/mol. The van der Waals surface area contributed by atoms with E-state index in [0.717, 1.165) is 52.4 Å². The molecule has 1 aliphatic heterocycles. The van der Waals surface area contributed by atoms with E-state index in [9.17, 15) is 26.6 Å². The number of rotatable bonds is 4. The second-order valence-electron chi connectivity index (χ2n) is 10.7. The van der Waals surface area contributed by atoms with Crippen LogP contribution in [0, 0.1) is 11.9 Å². The Labute approximate surface area is 234 Å². The Morgan fingerprint density at radius 2 is 1.77 bits per heavy atom. The number of pyridine rings is 1. The maximum Gasteiger partial charge on any atom is 0.409 e. The molecule has 4 heterocycles. The molecule has 220 valence electrons. The molecule has 0 saturated carbocycles. The summed E-state index contributed by atoms with van der Waals surface area (Å²) in [4.78, 5) is 19.7. The minimum Gasteiger partial charge on any atom is -0.303 e. The van der Waals surface area contributed by atoms with Crippen molar-refractivity contribution in [3.63, 3.8) is 0 Å². The Hall–Kier alpha value is -2.73. The van der Waals surface area contributed by atoms with E-state index < -0.39 is 29.0 Å². The zero-order valence-electron chi connectivity index (χ0n) is 23.7. The number of halogens is 4. The summed E-state index contributed by atoms with van der Waals surface area (Å²) in [5.74, 6) is 0.947. The van der Waals surface area contributed by atoms with Gasteiger partial charge in [-0.1, -0.05) is 33.8 Å². The van der Waals surface area contributed by atoms with Crippen molar-refractivity contribution in [1.82, 2.24) is 24.5 Å². The van der Waals surface area contributed by atoms with Gasteiger partial charge in [-0.2, -0.15) is 17.6 Å². The Kier molecular flexibility index (Phi) is 10.2. The minimum atomic E-state index is -4.42. The van der Waals surface area contributed by atoms with Crippen LogP contribution in [0.15, 0.2) is 30.6 Å². The number of aromatic nitrogens is 4. The molecule has 2 aliphatic rings. The lowest BCUT2D eigenvalue weighted by molar-refractivity contribution is -0.180. The molecule has 12 heteroatoms. The molecule has 1 saturated heterocycles. The minimum absolute atomic E-state index is 0.0496. The third-order valence-corrected chi connectivity index (χ3v) is 8.54. The first-order chi connectivity index (χ1) is 18.8. The van der Waals surface area contributed by atoms with Gasteiger partial charge in [0.2, 0.25) is 5.95 Å². The van der Waals surface area contributed by atoms with E-state index in [-0.39, 0.29) is 22.9 Å². The normalized spacial score (nSPS) is 22.5. The summed E-state index contributed by atoms with van der Waals surface area (Å²) in [6.45, 7) is 8.08. The predicted octanol–water partition coefficient (Wildman–Crippen LogP) is 5.61. The van der Waals surface area contributed by atoms with Gasteiger partial charge in [0.25, 0.3) is 0 Å². The Bertz CT molecular complexity index is 1310. The molecule has 0 bridgehead atoms. The van der Waals surface area contributed by atoms with Crippen molar-refractivity contribution in [3.8, 4) is 0 Å². The number of hydrogen-bond donors (Lipinski definition) is 0. The van der Waals surface area contributed by atoms with Crippen LogP contribution in [0.2, 0.25) is 0 Å². The Morgan fingerprint density at radius 1 is 1.12 bits per heavy atom. The van der Waals surface area contributed by atoms with Crippen LogP contribution in [0.5, 0.6) is 0 Å². The highest BCUT2D eigenvalue weighted by molar-refractivity contribution is 7.85. The lowest BCUT2D eigenvalue weighted by atomic mass is 9.87. The van der Waals surface area contributed by atoms with Gasteiger partial charge in [-0.05, 0) is 45.0 Å². The average Bonchev–Trinajstić information content (AvgIpc) is 3.41. The molecular weight excluding hydrogens is 546 g/mol. The van der Waals surface area contributed by atoms with Crippen molar-refractivity contribution in [2.45, 2.75) is 70.5 Å². The highest BCUT2D eigenvalue weighted by atomic mass is 32.2. The molecule has 5 rings (SSSR count). The smallest absolute Gasteiger partial charge is 0.303 e. The molecule has 0 amide bonds. The number of carbonyl (C=O) groups is 1. The molecule has 7 nitrogen and oxygen atoms in total. The first kappa shape index (κ1) is 31.8. The van der Waals surface area contributed by atoms with Gasteiger partial charge in [0, 0.05) is 63.6 Å². The number of fused-ring (bicyclic) bond motifs is 3. The maximum absolute atomic E-state index is 13.7. The molecule has 1 fully saturated rings. The van der Waals surface area contributed by atoms with E-state index in [1.165, 1.54) is 36.9 Å². The summed E-state index contributed by atoms with van der Waals surface area (Å²) < 4.78 is 66.0. The summed E-state index contributed by atoms with van der Waals surface area (Å²) in [5.41, 5.74) is 2.63. The number of aldehydes is 1. The molecule has 0 spiro atoms. The second kappa shape index (κ2) is 12.8. The highest BCUT2D eigenvalue weighted by Gasteiger charge is 2.44. The van der Waals surface area contributed by atoms with Gasteiger partial charge in [-0.25, -0.2) is 9.50 Å². The fourth-order valence-electron chi connectivity index (χ4n) is 5.32. The van der Waals surface area contributed by atoms with Gasteiger partial charge >= 0.3 is 6.18 Å². The Balaban J connectivity index is 0.000000339. The van der Waals surface area contributed by atoms with Gasteiger partial charge in [-0.3, -0.25) is 14.1 Å². The van der Waals surface area contributed by atoms with Crippen LogP contribution in [0.4, 0.5) is 17.6 Å². The number of hydrogen-bond acceptors (Lipinski definition) is 6. The largest absolute Gasteiger partial charge is 0.409 e. The second-order valence-corrected chi connectivity index (χ2v) is 12.4. The fourth-order valence-corrected chi connectivity index (χ4v) is 6.66. The topological polar surface area (TPSA) is 80.5 Å². The summed E-state index contributed by atoms with van der Waals surface area (Å²) in [6, 6.07) is 2.63. The van der Waals surface area contributed by atoms with Crippen LogP contribution in [-0.4, -0.2) is 66.8 Å². The molecule has 2 atom stereocenters. The van der Waals surface area contributed by atoms with Gasteiger partial charge in [-0.15, -0.1) is 5.10 Å². The lowest BCUT2D eigenvalue weighted by Gasteiger charge is -2.26. The van der Waals surface area contributed by atoms with Gasteiger partial charge in [0.05, 0.1) is 11.4 Å². The molecular formula is C28H37F4N5O2S. The van der Waals surface area contributed by atoms with Gasteiger partial charge in [0.1, 0.15) is 12.3 Å². The number of nitrogens with zero attached hydrogens (tertiary/aromatic N) is 5. The van der Waals surface area contributed by atoms with E-state index in [1.54, 1.807) is 12.3 Å². The quantitative estimate of drug-likeness (QED) is 0.293. The third kappa shape index (κ3) is 6.94. The van der Waals surface area contributed by atoms with Crippen LogP contribution < -0.4 is 0 Å². The van der Waals surface area contributed by atoms with Crippen molar-refractivity contribution in [3.05, 3.63) is 59.1 Å². The molecule has 2 unspecified atom stereocenters. The SMILES string of the molecule is CC.CN(C)C(c1ccc(C2CC(C)(C)c3c2cnc2cc(F)nn32)cn1)C(F)(F)F.O=CC1CCS(=O)CC1. The molecule has 3 aromatic rings. The fraction of sp³-hybridized carbons (Fsp3) is 0.571. The summed E-state index contributed by atoms with van der Waals surface area (Å²) in [6.07, 6.45) is 2.13. The molecule has 0 N–H and O–H groups in total. The summed E-state index contributed by atoms with van der Waals surface area (Å²) >= 11 is 0. The zero-order chi connectivity index (χ0) is 29.8. The van der Waals surface area contributed by atoms with Gasteiger partial charge < -0.3 is 4.79 Å². The van der Waals surface area contributed by atoms with Gasteiger partial charge in [0.15, 0.2) is 5.65 Å². The summed E-state index contributed by atoms with van der Waals surface area (Å²) in [7, 11) is 2.14. The standard InChI is InChI=1S/C20H21F4N5.C6H10O2S.C2H6/c1-19(2)8-12(13-10-26-16-7-15(21)27-29(16)17(13)19)11-5-6-14(25-9-11)18(28(3)4)20(22,23)24;7-5-6-1-3-9(8)4-2-6;1-2/h5-7,9-10,12,18H,8H2,1-4H3;5-6H,1-4H2;1-2H3. The first-order valence-corrected chi connectivity index (χ1v) is 14.8. The Morgan fingerprint density at radius 3 is 2.30 bits per heavy atom. The maximum atomic E-state index is 13.7. The van der Waals surface area contributed by atoms with Crippen molar-refractivity contribution < 1.29 is 26.6 Å². The predicted molar refractivity (Wildman–Crippen MR) is 147 cm³/mol. The van der Waals surface area contributed by atoms with Crippen molar-refractivity contribution >= 4 is 22.7 Å². The molecule has 3 aromatic heterocycles. The van der Waals surface area contributed by atoms with Crippen molar-refractivity contribution in [1.29, 1.82) is 0 Å². The van der Waals surface area contributed by atoms with Crippen LogP contribution in [0.1, 0.15) is 81.4 Å². The monoisotopic (exact) mass is 583 g/mol. The lowest BCUT2D eigenvalue weighted by Crippen LogP contribution is -2.34. The van der Waals surface area contributed by atoms with E-state index in [1.807, 2.05) is 27.7 Å². The van der Waals surface area contributed by atoms with Crippen molar-refractivity contribution in [2.24, 2.45) is 5.92 Å². The van der Waals surface area contributed by atoms with Crippen LogP contribution in [-0.2, 0) is 21.0 Å². The number of alkyl halides is 3. The van der Waals surface area contributed by atoms with Crippen LogP contribution >= 0.6 is 0 Å². The zero-order valence-corrected chi connectivity index (χ0v) is 24.5. The van der Waals surface area contributed by atoms with Crippen molar-refractivity contribution in [2.75, 3.05) is 25.6 Å². The molecule has 0 aromatic carbocycles. The first-order valence-electron chi connectivity index (χ1n) is 13.4. The molecule has 0 radical (unpaired) electrons.